The second-order valence-electron chi connectivity index (χ2n) is 3.45. The number of nitrogens with two attached hydrogens (primary N) is 1. The van der Waals surface area contributed by atoms with E-state index >= 15 is 0 Å². The van der Waals surface area contributed by atoms with E-state index in [0.717, 1.165) is 0 Å². The molecule has 100 valence electrons. The predicted molar refractivity (Wildman–Crippen MR) is 65.1 cm³/mol. The molecule has 4 nitrogen and oxygen atoms in total. The van der Waals surface area contributed by atoms with E-state index in [1.807, 2.05) is 0 Å². The molecule has 0 saturated heterocycles. The number of hydrogen-bond donors (Lipinski definition) is 1. The van der Waals surface area contributed by atoms with Gasteiger partial charge in [-0.15, -0.1) is 0 Å². The zero-order valence-corrected chi connectivity index (χ0v) is 11.3. The Balaban J connectivity index is 3.16. The molecule has 18 heavy (non-hydrogen) atoms. The number of rotatable bonds is 5. The van der Waals surface area contributed by atoms with Crippen molar-refractivity contribution in [2.24, 2.45) is 5.73 Å². The van der Waals surface area contributed by atoms with E-state index in [0.29, 0.717) is 5.56 Å². The van der Waals surface area contributed by atoms with Gasteiger partial charge >= 0.3 is 5.97 Å². The van der Waals surface area contributed by atoms with Crippen LogP contribution in [-0.2, 0) is 22.5 Å². The Hall–Kier alpha value is -1.08. The van der Waals surface area contributed by atoms with Gasteiger partial charge in [-0.25, -0.2) is 13.8 Å². The maximum Gasteiger partial charge on any atom is 0.310 e. The van der Waals surface area contributed by atoms with E-state index in [9.17, 15) is 13.6 Å². The summed E-state index contributed by atoms with van der Waals surface area (Å²) in [5.74, 6) is -0.571. The molecule has 1 rings (SSSR count). The Labute approximate surface area is 112 Å². The molecule has 0 aliphatic rings. The molecule has 0 aromatic carbocycles. The number of hydrogen-bond acceptors (Lipinski definition) is 4. The summed E-state index contributed by atoms with van der Waals surface area (Å²) in [4.78, 5) is 15.1. The number of alkyl halides is 2. The molecule has 0 atom stereocenters. The number of aromatic nitrogens is 1. The van der Waals surface area contributed by atoms with E-state index < -0.39 is 18.1 Å². The molecule has 2 N–H and O–H groups in total. The number of halogens is 3. The molecule has 1 aromatic rings. The van der Waals surface area contributed by atoms with Gasteiger partial charge in [0.1, 0.15) is 10.3 Å². The number of pyridine rings is 1. The van der Waals surface area contributed by atoms with Crippen LogP contribution in [0, 0.1) is 0 Å². The number of carbonyl (C=O) groups is 1. The summed E-state index contributed by atoms with van der Waals surface area (Å²) in [6.07, 6.45) is -3.02. The number of carbonyl (C=O) groups excluding carboxylic acids is 1. The first-order valence-electron chi connectivity index (χ1n) is 5.31. The lowest BCUT2D eigenvalue weighted by molar-refractivity contribution is -0.142. The third-order valence-corrected chi connectivity index (χ3v) is 2.68. The molecule has 0 aliphatic carbocycles. The summed E-state index contributed by atoms with van der Waals surface area (Å²) >= 11 is 3.04. The van der Waals surface area contributed by atoms with Gasteiger partial charge in [-0.3, -0.25) is 4.79 Å². The monoisotopic (exact) mass is 322 g/mol. The van der Waals surface area contributed by atoms with Crippen molar-refractivity contribution in [1.29, 1.82) is 0 Å². The van der Waals surface area contributed by atoms with Gasteiger partial charge in [-0.1, -0.05) is 0 Å². The number of esters is 1. The fourth-order valence-electron chi connectivity index (χ4n) is 1.53. The van der Waals surface area contributed by atoms with Crippen molar-refractivity contribution in [3.63, 3.8) is 0 Å². The van der Waals surface area contributed by atoms with Crippen LogP contribution >= 0.6 is 15.9 Å². The Kier molecular flexibility index (Phi) is 5.61. The van der Waals surface area contributed by atoms with Crippen molar-refractivity contribution >= 4 is 21.9 Å². The van der Waals surface area contributed by atoms with Crippen LogP contribution in [0.15, 0.2) is 10.7 Å². The minimum Gasteiger partial charge on any atom is -0.466 e. The molecule has 1 heterocycles. The quantitative estimate of drug-likeness (QED) is 0.667. The molecular weight excluding hydrogens is 310 g/mol. The average molecular weight is 323 g/mol. The highest BCUT2D eigenvalue weighted by molar-refractivity contribution is 9.10. The van der Waals surface area contributed by atoms with Crippen LogP contribution in [0.5, 0.6) is 0 Å². The first kappa shape index (κ1) is 15.0. The van der Waals surface area contributed by atoms with Gasteiger partial charge in [0.15, 0.2) is 0 Å². The first-order valence-corrected chi connectivity index (χ1v) is 6.10. The standard InChI is InChI=1S/C11H13BrF2N2O2/c1-2-18-9(17)4-7-6(5-15)3-8(12)16-10(7)11(13)14/h3,11H,2,4-5,15H2,1H3. The van der Waals surface area contributed by atoms with Crippen molar-refractivity contribution in [3.05, 3.63) is 27.5 Å². The van der Waals surface area contributed by atoms with Crippen LogP contribution in [0.2, 0.25) is 0 Å². The van der Waals surface area contributed by atoms with Crippen molar-refractivity contribution in [3.8, 4) is 0 Å². The van der Waals surface area contributed by atoms with E-state index in [2.05, 4.69) is 20.9 Å². The van der Waals surface area contributed by atoms with Crippen LogP contribution in [0.1, 0.15) is 30.2 Å². The smallest absolute Gasteiger partial charge is 0.310 e. The Morgan fingerprint density at radius 1 is 1.61 bits per heavy atom. The molecule has 0 amide bonds. The summed E-state index contributed by atoms with van der Waals surface area (Å²) in [6, 6.07) is 1.53. The van der Waals surface area contributed by atoms with Gasteiger partial charge < -0.3 is 10.5 Å². The maximum absolute atomic E-state index is 12.9. The lowest BCUT2D eigenvalue weighted by Crippen LogP contribution is -2.14. The molecule has 1 aromatic heterocycles. The summed E-state index contributed by atoms with van der Waals surface area (Å²) < 4.78 is 30.8. The molecular formula is C11H13BrF2N2O2. The van der Waals surface area contributed by atoms with E-state index in [4.69, 9.17) is 10.5 Å². The molecule has 0 spiro atoms. The molecule has 0 unspecified atom stereocenters. The van der Waals surface area contributed by atoms with Crippen LogP contribution in [0.25, 0.3) is 0 Å². The summed E-state index contributed by atoms with van der Waals surface area (Å²) in [7, 11) is 0. The van der Waals surface area contributed by atoms with Crippen LogP contribution < -0.4 is 5.73 Å². The topological polar surface area (TPSA) is 65.2 Å². The second-order valence-corrected chi connectivity index (χ2v) is 4.27. The minimum atomic E-state index is -2.77. The first-order chi connectivity index (χ1) is 8.49. The molecule has 0 bridgehead atoms. The fourth-order valence-corrected chi connectivity index (χ4v) is 2.00. The zero-order chi connectivity index (χ0) is 13.7. The largest absolute Gasteiger partial charge is 0.466 e. The van der Waals surface area contributed by atoms with Gasteiger partial charge in [0, 0.05) is 6.54 Å². The van der Waals surface area contributed by atoms with Crippen LogP contribution in [0.3, 0.4) is 0 Å². The van der Waals surface area contributed by atoms with Crippen molar-refractivity contribution in [2.45, 2.75) is 26.3 Å². The predicted octanol–water partition coefficient (Wildman–Crippen LogP) is 2.35. The maximum atomic E-state index is 12.9. The highest BCUT2D eigenvalue weighted by Crippen LogP contribution is 2.27. The van der Waals surface area contributed by atoms with E-state index in [1.165, 1.54) is 6.07 Å². The van der Waals surface area contributed by atoms with Gasteiger partial charge in [-0.05, 0) is 40.0 Å². The second kappa shape index (κ2) is 6.75. The number of nitrogens with zero attached hydrogens (tertiary/aromatic N) is 1. The lowest BCUT2D eigenvalue weighted by Gasteiger charge is -2.13. The normalized spacial score (nSPS) is 10.8. The summed E-state index contributed by atoms with van der Waals surface area (Å²) in [6.45, 7) is 1.90. The third kappa shape index (κ3) is 3.71. The summed E-state index contributed by atoms with van der Waals surface area (Å²) in [5.41, 5.74) is 5.67. The van der Waals surface area contributed by atoms with Gasteiger partial charge in [0.2, 0.25) is 0 Å². The SMILES string of the molecule is CCOC(=O)Cc1c(CN)cc(Br)nc1C(F)F. The number of ether oxygens (including phenoxy) is 1. The average Bonchev–Trinajstić information content (AvgIpc) is 2.30. The van der Waals surface area contributed by atoms with E-state index in [1.54, 1.807) is 6.92 Å². The summed E-state index contributed by atoms with van der Waals surface area (Å²) in [5, 5.41) is 0. The van der Waals surface area contributed by atoms with Crippen molar-refractivity contribution < 1.29 is 18.3 Å². The van der Waals surface area contributed by atoms with Gasteiger partial charge in [-0.2, -0.15) is 0 Å². The van der Waals surface area contributed by atoms with Crippen molar-refractivity contribution in [1.82, 2.24) is 4.98 Å². The minimum absolute atomic E-state index is 0.0512. The van der Waals surface area contributed by atoms with E-state index in [-0.39, 0.29) is 29.7 Å². The van der Waals surface area contributed by atoms with Gasteiger partial charge in [0.25, 0.3) is 6.43 Å². The Morgan fingerprint density at radius 2 is 2.28 bits per heavy atom. The van der Waals surface area contributed by atoms with Crippen molar-refractivity contribution in [2.75, 3.05) is 6.61 Å². The molecule has 0 aliphatic heterocycles. The Morgan fingerprint density at radius 3 is 2.78 bits per heavy atom. The van der Waals surface area contributed by atoms with Crippen LogP contribution in [0.4, 0.5) is 8.78 Å². The highest BCUT2D eigenvalue weighted by atomic mass is 79.9. The zero-order valence-electron chi connectivity index (χ0n) is 9.75. The molecule has 0 fully saturated rings. The third-order valence-electron chi connectivity index (χ3n) is 2.27. The fraction of sp³-hybridized carbons (Fsp3) is 0.455. The lowest BCUT2D eigenvalue weighted by atomic mass is 10.0. The Bertz CT molecular complexity index is 441. The van der Waals surface area contributed by atoms with Gasteiger partial charge in [0.05, 0.1) is 13.0 Å². The highest BCUT2D eigenvalue weighted by Gasteiger charge is 2.21. The molecule has 0 radical (unpaired) electrons. The molecule has 7 heteroatoms. The molecule has 0 saturated carbocycles. The van der Waals surface area contributed by atoms with Crippen LogP contribution in [-0.4, -0.2) is 17.6 Å².